The number of hydrogen-bond donors (Lipinski definition) is 1. The zero-order chi connectivity index (χ0) is 16.5. The van der Waals surface area contributed by atoms with E-state index in [9.17, 15) is 9.90 Å². The van der Waals surface area contributed by atoms with E-state index >= 15 is 0 Å². The second-order valence-electron chi connectivity index (χ2n) is 6.85. The van der Waals surface area contributed by atoms with Crippen LogP contribution < -0.4 is 0 Å². The van der Waals surface area contributed by atoms with Crippen molar-refractivity contribution >= 4 is 5.97 Å². The van der Waals surface area contributed by atoms with Gasteiger partial charge in [-0.05, 0) is 19.3 Å². The van der Waals surface area contributed by atoms with Crippen LogP contribution in [0.4, 0.5) is 0 Å². The molecule has 124 valence electrons. The minimum absolute atomic E-state index is 0.0858. The van der Waals surface area contributed by atoms with Gasteiger partial charge >= 0.3 is 5.97 Å². The molecule has 0 unspecified atom stereocenters. The van der Waals surface area contributed by atoms with Crippen molar-refractivity contribution in [2.45, 2.75) is 65.8 Å². The highest BCUT2D eigenvalue weighted by molar-refractivity contribution is 5.88. The van der Waals surface area contributed by atoms with Crippen molar-refractivity contribution < 1.29 is 23.9 Å². The molecule has 0 spiro atoms. The summed E-state index contributed by atoms with van der Waals surface area (Å²) in [7, 11) is 0. The van der Waals surface area contributed by atoms with E-state index in [1.165, 1.54) is 0 Å². The number of aliphatic hydroxyl groups excluding tert-OH is 1. The van der Waals surface area contributed by atoms with Crippen LogP contribution >= 0.6 is 0 Å². The van der Waals surface area contributed by atoms with Gasteiger partial charge in [0.1, 0.15) is 6.10 Å². The van der Waals surface area contributed by atoms with E-state index in [0.29, 0.717) is 24.2 Å². The summed E-state index contributed by atoms with van der Waals surface area (Å²) < 4.78 is 16.4. The summed E-state index contributed by atoms with van der Waals surface area (Å²) >= 11 is 0. The van der Waals surface area contributed by atoms with Gasteiger partial charge in [-0.2, -0.15) is 0 Å². The maximum Gasteiger partial charge on any atom is 0.360 e. The Labute approximate surface area is 130 Å². The molecule has 0 amide bonds. The molecule has 0 radical (unpaired) electrons. The molecule has 22 heavy (non-hydrogen) atoms. The van der Waals surface area contributed by atoms with Crippen LogP contribution in [-0.2, 0) is 9.47 Å². The normalized spacial score (nSPS) is 26.0. The summed E-state index contributed by atoms with van der Waals surface area (Å²) in [6, 6.07) is 0. The molecular weight excluding hydrogens is 286 g/mol. The van der Waals surface area contributed by atoms with E-state index in [-0.39, 0.29) is 23.8 Å². The lowest BCUT2D eigenvalue weighted by Crippen LogP contribution is -2.39. The molecule has 1 saturated heterocycles. The van der Waals surface area contributed by atoms with Crippen molar-refractivity contribution in [2.24, 2.45) is 5.41 Å². The molecule has 2 rings (SSSR count). The predicted molar refractivity (Wildman–Crippen MR) is 79.5 cm³/mol. The Kier molecular flexibility index (Phi) is 4.92. The van der Waals surface area contributed by atoms with Gasteiger partial charge in [-0.25, -0.2) is 4.79 Å². The van der Waals surface area contributed by atoms with Gasteiger partial charge in [-0.3, -0.25) is 0 Å². The summed E-state index contributed by atoms with van der Waals surface area (Å²) in [6.07, 6.45) is 0.0851. The summed E-state index contributed by atoms with van der Waals surface area (Å²) in [5.41, 5.74) is 0.704. The summed E-state index contributed by atoms with van der Waals surface area (Å²) in [5, 5.41) is 13.9. The Balaban J connectivity index is 2.22. The Bertz CT molecular complexity index is 531. The van der Waals surface area contributed by atoms with Crippen LogP contribution in [0.5, 0.6) is 0 Å². The number of hydrogen-bond acceptors (Lipinski definition) is 6. The molecule has 6 heteroatoms. The van der Waals surface area contributed by atoms with E-state index in [2.05, 4.69) is 25.9 Å². The summed E-state index contributed by atoms with van der Waals surface area (Å²) in [4.78, 5) is 11.8. The van der Waals surface area contributed by atoms with E-state index in [0.717, 1.165) is 0 Å². The fraction of sp³-hybridized carbons (Fsp3) is 0.750. The third-order valence-electron chi connectivity index (χ3n) is 3.99. The molecule has 0 bridgehead atoms. The topological polar surface area (TPSA) is 81.8 Å². The second-order valence-corrected chi connectivity index (χ2v) is 6.85. The quantitative estimate of drug-likeness (QED) is 0.864. The van der Waals surface area contributed by atoms with Crippen molar-refractivity contribution in [1.82, 2.24) is 5.16 Å². The highest BCUT2D eigenvalue weighted by atomic mass is 16.5. The molecule has 1 aromatic rings. The summed E-state index contributed by atoms with van der Waals surface area (Å²) in [6.45, 7) is 10.0. The van der Waals surface area contributed by atoms with E-state index in [4.69, 9.17) is 14.0 Å². The molecule has 0 saturated carbocycles. The highest BCUT2D eigenvalue weighted by Crippen LogP contribution is 2.39. The average Bonchev–Trinajstić information content (AvgIpc) is 2.79. The minimum atomic E-state index is -0.501. The van der Waals surface area contributed by atoms with E-state index in [1.807, 2.05) is 0 Å². The van der Waals surface area contributed by atoms with Gasteiger partial charge in [0.25, 0.3) is 0 Å². The van der Waals surface area contributed by atoms with Gasteiger partial charge in [0.05, 0.1) is 18.8 Å². The van der Waals surface area contributed by atoms with Crippen LogP contribution in [0.3, 0.4) is 0 Å². The van der Waals surface area contributed by atoms with Crippen LogP contribution in [0.25, 0.3) is 0 Å². The van der Waals surface area contributed by atoms with Crippen LogP contribution in [0.1, 0.15) is 68.5 Å². The smallest absolute Gasteiger partial charge is 0.360 e. The van der Waals surface area contributed by atoms with Gasteiger partial charge in [-0.1, -0.05) is 25.9 Å². The molecule has 1 fully saturated rings. The fourth-order valence-electron chi connectivity index (χ4n) is 2.66. The van der Waals surface area contributed by atoms with Crippen molar-refractivity contribution in [3.63, 3.8) is 0 Å². The van der Waals surface area contributed by atoms with Gasteiger partial charge in [0.15, 0.2) is 11.5 Å². The Morgan fingerprint density at radius 3 is 2.68 bits per heavy atom. The number of carbonyl (C=O) groups is 1. The van der Waals surface area contributed by atoms with Gasteiger partial charge in [0, 0.05) is 18.4 Å². The van der Waals surface area contributed by atoms with E-state index in [1.54, 1.807) is 13.8 Å². The first kappa shape index (κ1) is 17.0. The maximum absolute atomic E-state index is 11.8. The molecule has 1 aliphatic heterocycles. The first-order valence-corrected chi connectivity index (χ1v) is 7.70. The number of carbonyl (C=O) groups excluding carboxylic acids is 1. The fourth-order valence-corrected chi connectivity index (χ4v) is 2.66. The van der Waals surface area contributed by atoms with Gasteiger partial charge in [-0.15, -0.1) is 0 Å². The third-order valence-corrected chi connectivity index (χ3v) is 3.99. The molecule has 2 heterocycles. The van der Waals surface area contributed by atoms with Crippen molar-refractivity contribution in [1.29, 1.82) is 0 Å². The molecule has 1 aliphatic rings. The van der Waals surface area contributed by atoms with E-state index < -0.39 is 18.2 Å². The number of aliphatic hydroxyl groups is 1. The zero-order valence-electron chi connectivity index (χ0n) is 13.9. The molecule has 1 N–H and O–H groups in total. The molecular formula is C16H25NO5. The third kappa shape index (κ3) is 3.50. The van der Waals surface area contributed by atoms with Crippen molar-refractivity contribution in [2.75, 3.05) is 6.61 Å². The van der Waals surface area contributed by atoms with Gasteiger partial charge < -0.3 is 19.1 Å². The summed E-state index contributed by atoms with van der Waals surface area (Å²) in [5.74, 6) is -0.00483. The zero-order valence-corrected chi connectivity index (χ0v) is 13.9. The first-order chi connectivity index (χ1) is 10.2. The molecule has 1 aromatic heterocycles. The molecule has 0 aromatic carbocycles. The molecule has 0 aliphatic carbocycles. The number of rotatable bonds is 3. The number of ether oxygens (including phenoxy) is 2. The first-order valence-electron chi connectivity index (χ1n) is 7.70. The molecule has 6 nitrogen and oxygen atoms in total. The van der Waals surface area contributed by atoms with Crippen LogP contribution in [0.15, 0.2) is 4.52 Å². The number of aromatic nitrogens is 1. The lowest BCUT2D eigenvalue weighted by atomic mass is 9.82. The average molecular weight is 311 g/mol. The molecule has 3 atom stereocenters. The predicted octanol–water partition coefficient (Wildman–Crippen LogP) is 2.79. The standard InChI is InChI=1S/C16H25NO5/c1-6-20-15(19)13-9(2)14(22-17-13)11-7-10(18)8-12(21-11)16(3,4)5/h10-12,18H,6-8H2,1-5H3/t10-,11+,12-/m1/s1. The second kappa shape index (κ2) is 6.38. The van der Waals surface area contributed by atoms with Gasteiger partial charge in [0.2, 0.25) is 0 Å². The minimum Gasteiger partial charge on any atom is -0.461 e. The SMILES string of the molecule is CCOC(=O)c1noc([C@@H]2C[C@@H](O)C[C@H](C(C)(C)C)O2)c1C. The van der Waals surface area contributed by atoms with Crippen LogP contribution in [-0.4, -0.2) is 35.0 Å². The van der Waals surface area contributed by atoms with Crippen LogP contribution in [0, 0.1) is 12.3 Å². The lowest BCUT2D eigenvalue weighted by molar-refractivity contribution is -0.143. The maximum atomic E-state index is 11.8. The Morgan fingerprint density at radius 1 is 1.41 bits per heavy atom. The van der Waals surface area contributed by atoms with Crippen molar-refractivity contribution in [3.8, 4) is 0 Å². The number of esters is 1. The number of nitrogens with zero attached hydrogens (tertiary/aromatic N) is 1. The van der Waals surface area contributed by atoms with Crippen LogP contribution in [0.2, 0.25) is 0 Å². The van der Waals surface area contributed by atoms with Crippen molar-refractivity contribution in [3.05, 3.63) is 17.0 Å². The Morgan fingerprint density at radius 2 is 2.09 bits per heavy atom. The Hall–Kier alpha value is -1.40. The monoisotopic (exact) mass is 311 g/mol. The largest absolute Gasteiger partial charge is 0.461 e. The highest BCUT2D eigenvalue weighted by Gasteiger charge is 2.39. The lowest BCUT2D eigenvalue weighted by Gasteiger charge is -2.39.